The summed E-state index contributed by atoms with van der Waals surface area (Å²) in [7, 11) is 0. The molecule has 0 heterocycles. The van der Waals surface area contributed by atoms with Crippen molar-refractivity contribution in [2.75, 3.05) is 26.4 Å². The number of unbranched alkanes of at least 4 members (excludes halogenated alkanes) is 1. The summed E-state index contributed by atoms with van der Waals surface area (Å²) in [4.78, 5) is 2.16. The molecule has 4 heteroatoms. The Morgan fingerprint density at radius 1 is 0.833 bits per heavy atom. The molecule has 0 spiro atoms. The first-order valence-corrected chi connectivity index (χ1v) is 11.2. The number of halogens is 1. The van der Waals surface area contributed by atoms with Gasteiger partial charge in [0.25, 0.3) is 0 Å². The number of hydrogen-bond acceptors (Lipinski definition) is 3. The third kappa shape index (κ3) is 9.38. The van der Waals surface area contributed by atoms with Crippen molar-refractivity contribution in [1.82, 2.24) is 4.90 Å². The van der Waals surface area contributed by atoms with E-state index >= 15 is 4.39 Å². The lowest BCUT2D eigenvalue weighted by molar-refractivity contribution is -0.0845. The van der Waals surface area contributed by atoms with E-state index in [0.717, 1.165) is 25.9 Å². The Kier molecular flexibility index (Phi) is 11.1. The predicted molar refractivity (Wildman–Crippen MR) is 122 cm³/mol. The SMILES string of the molecule is CCCCOCCCOC(C)(C)C(F)CN(Cc1ccccc1)Cc1ccccc1. The summed E-state index contributed by atoms with van der Waals surface area (Å²) < 4.78 is 26.8. The first-order valence-electron chi connectivity index (χ1n) is 11.2. The van der Waals surface area contributed by atoms with Gasteiger partial charge in [0.2, 0.25) is 0 Å². The van der Waals surface area contributed by atoms with Crippen LogP contribution in [-0.2, 0) is 22.6 Å². The minimum atomic E-state index is -1.09. The van der Waals surface area contributed by atoms with Gasteiger partial charge in [-0.25, -0.2) is 4.39 Å². The fraction of sp³-hybridized carbons (Fsp3) is 0.538. The Morgan fingerprint density at radius 2 is 1.37 bits per heavy atom. The molecule has 0 bridgehead atoms. The molecule has 0 aliphatic heterocycles. The lowest BCUT2D eigenvalue weighted by Crippen LogP contribution is -2.44. The first-order chi connectivity index (χ1) is 14.5. The Labute approximate surface area is 182 Å². The Hall–Kier alpha value is -1.75. The highest BCUT2D eigenvalue weighted by Crippen LogP contribution is 2.22. The van der Waals surface area contributed by atoms with Gasteiger partial charge in [-0.05, 0) is 37.8 Å². The van der Waals surface area contributed by atoms with Gasteiger partial charge in [0, 0.05) is 39.5 Å². The molecule has 2 aromatic carbocycles. The van der Waals surface area contributed by atoms with Gasteiger partial charge in [-0.1, -0.05) is 74.0 Å². The van der Waals surface area contributed by atoms with Gasteiger partial charge in [-0.15, -0.1) is 0 Å². The minimum Gasteiger partial charge on any atom is -0.381 e. The van der Waals surface area contributed by atoms with Crippen LogP contribution in [0.5, 0.6) is 0 Å². The fourth-order valence-electron chi connectivity index (χ4n) is 3.25. The standard InChI is InChI=1S/C26H38FNO2/c1-4-5-17-29-18-12-19-30-26(2,3)25(27)22-28(20-23-13-8-6-9-14-23)21-24-15-10-7-11-16-24/h6-11,13-16,25H,4-5,12,17-22H2,1-3H3. The number of alkyl halides is 1. The number of ether oxygens (including phenoxy) is 2. The van der Waals surface area contributed by atoms with Crippen LogP contribution in [0.1, 0.15) is 51.2 Å². The topological polar surface area (TPSA) is 21.7 Å². The molecular formula is C26H38FNO2. The van der Waals surface area contributed by atoms with Crippen molar-refractivity contribution >= 4 is 0 Å². The number of rotatable bonds is 15. The van der Waals surface area contributed by atoms with Crippen LogP contribution in [0, 0.1) is 0 Å². The molecule has 1 atom stereocenters. The monoisotopic (exact) mass is 415 g/mol. The zero-order valence-electron chi connectivity index (χ0n) is 18.9. The highest BCUT2D eigenvalue weighted by molar-refractivity contribution is 5.17. The summed E-state index contributed by atoms with van der Waals surface area (Å²) in [6, 6.07) is 20.5. The normalized spacial score (nSPS) is 13.0. The quantitative estimate of drug-likeness (QED) is 0.332. The van der Waals surface area contributed by atoms with Crippen molar-refractivity contribution in [2.45, 2.75) is 64.9 Å². The van der Waals surface area contributed by atoms with E-state index in [1.807, 2.05) is 50.2 Å². The Bertz CT molecular complexity index is 636. The van der Waals surface area contributed by atoms with E-state index in [1.54, 1.807) is 0 Å². The van der Waals surface area contributed by atoms with E-state index in [4.69, 9.17) is 9.47 Å². The second-order valence-corrected chi connectivity index (χ2v) is 8.38. The number of hydrogen-bond donors (Lipinski definition) is 0. The third-order valence-electron chi connectivity index (χ3n) is 5.22. The van der Waals surface area contributed by atoms with Crippen molar-refractivity contribution in [3.8, 4) is 0 Å². The smallest absolute Gasteiger partial charge is 0.141 e. The van der Waals surface area contributed by atoms with E-state index in [1.165, 1.54) is 11.1 Å². The van der Waals surface area contributed by atoms with E-state index in [9.17, 15) is 0 Å². The average Bonchev–Trinajstić information content (AvgIpc) is 2.74. The van der Waals surface area contributed by atoms with Gasteiger partial charge in [0.15, 0.2) is 0 Å². The average molecular weight is 416 g/mol. The number of benzene rings is 2. The second-order valence-electron chi connectivity index (χ2n) is 8.38. The molecule has 0 aliphatic carbocycles. The van der Waals surface area contributed by atoms with Crippen LogP contribution in [-0.4, -0.2) is 43.0 Å². The lowest BCUT2D eigenvalue weighted by atomic mass is 10.0. The molecular weight excluding hydrogens is 377 g/mol. The molecule has 2 rings (SSSR count). The molecule has 1 unspecified atom stereocenters. The zero-order chi connectivity index (χ0) is 21.7. The maximum absolute atomic E-state index is 15.3. The van der Waals surface area contributed by atoms with Crippen molar-refractivity contribution in [3.63, 3.8) is 0 Å². The van der Waals surface area contributed by atoms with Crippen molar-refractivity contribution in [1.29, 1.82) is 0 Å². The van der Waals surface area contributed by atoms with Gasteiger partial charge in [-0.2, -0.15) is 0 Å². The largest absolute Gasteiger partial charge is 0.381 e. The van der Waals surface area contributed by atoms with Gasteiger partial charge >= 0.3 is 0 Å². The highest BCUT2D eigenvalue weighted by atomic mass is 19.1. The molecule has 3 nitrogen and oxygen atoms in total. The molecule has 0 aliphatic rings. The molecule has 0 N–H and O–H groups in total. The molecule has 166 valence electrons. The molecule has 0 saturated heterocycles. The molecule has 0 amide bonds. The van der Waals surface area contributed by atoms with Crippen LogP contribution in [0.15, 0.2) is 60.7 Å². The van der Waals surface area contributed by atoms with Gasteiger partial charge < -0.3 is 9.47 Å². The lowest BCUT2D eigenvalue weighted by Gasteiger charge is -2.33. The molecule has 0 saturated carbocycles. The summed E-state index contributed by atoms with van der Waals surface area (Å²) in [6.45, 7) is 9.54. The Morgan fingerprint density at radius 3 is 1.90 bits per heavy atom. The van der Waals surface area contributed by atoms with E-state index in [0.29, 0.717) is 32.8 Å². The van der Waals surface area contributed by atoms with E-state index < -0.39 is 11.8 Å². The van der Waals surface area contributed by atoms with Crippen LogP contribution in [0.4, 0.5) is 4.39 Å². The van der Waals surface area contributed by atoms with Crippen molar-refractivity contribution in [3.05, 3.63) is 71.8 Å². The van der Waals surface area contributed by atoms with Crippen LogP contribution < -0.4 is 0 Å². The predicted octanol–water partition coefficient (Wildman–Crippen LogP) is 6.03. The maximum atomic E-state index is 15.3. The molecule has 30 heavy (non-hydrogen) atoms. The van der Waals surface area contributed by atoms with Crippen LogP contribution >= 0.6 is 0 Å². The van der Waals surface area contributed by atoms with Crippen LogP contribution in [0.2, 0.25) is 0 Å². The molecule has 0 fully saturated rings. The highest BCUT2D eigenvalue weighted by Gasteiger charge is 2.32. The molecule has 0 radical (unpaired) electrons. The van der Waals surface area contributed by atoms with E-state index in [-0.39, 0.29) is 0 Å². The molecule has 2 aromatic rings. The summed E-state index contributed by atoms with van der Waals surface area (Å²) in [5.41, 5.74) is 1.53. The molecule has 0 aromatic heterocycles. The van der Waals surface area contributed by atoms with Crippen LogP contribution in [0.25, 0.3) is 0 Å². The van der Waals surface area contributed by atoms with Gasteiger partial charge in [0.1, 0.15) is 6.17 Å². The van der Waals surface area contributed by atoms with E-state index in [2.05, 4.69) is 36.1 Å². The third-order valence-corrected chi connectivity index (χ3v) is 5.22. The fourth-order valence-corrected chi connectivity index (χ4v) is 3.25. The summed E-state index contributed by atoms with van der Waals surface area (Å²) >= 11 is 0. The number of nitrogens with zero attached hydrogens (tertiary/aromatic N) is 1. The minimum absolute atomic E-state index is 0.323. The summed E-state index contributed by atoms with van der Waals surface area (Å²) in [5.74, 6) is 0. The Balaban J connectivity index is 1.88. The van der Waals surface area contributed by atoms with Gasteiger partial charge in [0.05, 0.1) is 5.60 Å². The van der Waals surface area contributed by atoms with Crippen LogP contribution in [0.3, 0.4) is 0 Å². The maximum Gasteiger partial charge on any atom is 0.141 e. The van der Waals surface area contributed by atoms with Crippen molar-refractivity contribution in [2.24, 2.45) is 0 Å². The van der Waals surface area contributed by atoms with Crippen molar-refractivity contribution < 1.29 is 13.9 Å². The van der Waals surface area contributed by atoms with Gasteiger partial charge in [-0.3, -0.25) is 4.90 Å². The second kappa shape index (κ2) is 13.5. The summed E-state index contributed by atoms with van der Waals surface area (Å²) in [6.07, 6.45) is 1.91. The first kappa shape index (κ1) is 24.5. The zero-order valence-corrected chi connectivity index (χ0v) is 18.9. The summed E-state index contributed by atoms with van der Waals surface area (Å²) in [5, 5.41) is 0.